The van der Waals surface area contributed by atoms with E-state index in [0.717, 1.165) is 43.4 Å². The number of para-hydroxylation sites is 1. The van der Waals surface area contributed by atoms with Crippen LogP contribution in [0.5, 0.6) is 0 Å². The van der Waals surface area contributed by atoms with Crippen LogP contribution in [0.4, 0.5) is 5.69 Å². The van der Waals surface area contributed by atoms with Gasteiger partial charge in [0.1, 0.15) is 0 Å². The molecular weight excluding hydrogens is 384 g/mol. The molecule has 0 saturated heterocycles. The Bertz CT molecular complexity index is 939. The first-order valence-electron chi connectivity index (χ1n) is 12.1. The van der Waals surface area contributed by atoms with E-state index in [2.05, 4.69) is 38.2 Å². The molecule has 1 heterocycles. The highest BCUT2D eigenvalue weighted by molar-refractivity contribution is 5.94. The van der Waals surface area contributed by atoms with Gasteiger partial charge in [-0.15, -0.1) is 0 Å². The fraction of sp³-hybridized carbons (Fsp3) is 0.630. The van der Waals surface area contributed by atoms with Gasteiger partial charge < -0.3 is 10.2 Å². The van der Waals surface area contributed by atoms with Gasteiger partial charge in [0, 0.05) is 30.1 Å². The molecule has 1 aromatic rings. The maximum Gasteiger partial charge on any atom is 0.246 e. The van der Waals surface area contributed by atoms with Crippen molar-refractivity contribution in [3.05, 3.63) is 42.0 Å². The Kier molecular flexibility index (Phi) is 4.84. The van der Waals surface area contributed by atoms with Gasteiger partial charge in [0.2, 0.25) is 11.8 Å². The molecule has 4 aliphatic rings. The summed E-state index contributed by atoms with van der Waals surface area (Å²) in [5, 5.41) is 3.25. The molecule has 7 atom stereocenters. The van der Waals surface area contributed by atoms with E-state index in [-0.39, 0.29) is 28.6 Å². The van der Waals surface area contributed by atoms with Crippen molar-refractivity contribution in [1.29, 1.82) is 0 Å². The highest BCUT2D eigenvalue weighted by Crippen LogP contribution is 2.65. The highest BCUT2D eigenvalue weighted by Gasteiger charge is 2.61. The van der Waals surface area contributed by atoms with Gasteiger partial charge in [-0.1, -0.05) is 38.1 Å². The van der Waals surface area contributed by atoms with Crippen molar-refractivity contribution in [3.63, 3.8) is 0 Å². The third-order valence-corrected chi connectivity index (χ3v) is 9.85. The zero-order valence-electron chi connectivity index (χ0n) is 19.4. The Morgan fingerprint density at radius 2 is 1.84 bits per heavy atom. The maximum absolute atomic E-state index is 13.4. The van der Waals surface area contributed by atoms with Crippen LogP contribution in [0.15, 0.2) is 36.4 Å². The van der Waals surface area contributed by atoms with E-state index >= 15 is 0 Å². The number of carbonyl (C=O) groups is 2. The molecule has 0 bridgehead atoms. The predicted molar refractivity (Wildman–Crippen MR) is 123 cm³/mol. The molecule has 0 unspecified atom stereocenters. The lowest BCUT2D eigenvalue weighted by Crippen LogP contribution is -2.59. The van der Waals surface area contributed by atoms with Crippen LogP contribution in [-0.2, 0) is 9.59 Å². The van der Waals surface area contributed by atoms with E-state index < -0.39 is 0 Å². The van der Waals surface area contributed by atoms with Crippen molar-refractivity contribution in [2.24, 2.45) is 34.5 Å². The van der Waals surface area contributed by atoms with Crippen LogP contribution in [0.1, 0.15) is 57.9 Å². The molecule has 1 aliphatic heterocycles. The van der Waals surface area contributed by atoms with Gasteiger partial charge in [-0.25, -0.2) is 0 Å². The van der Waals surface area contributed by atoms with Crippen molar-refractivity contribution in [3.8, 4) is 0 Å². The number of amides is 2. The number of aryl methyl sites for hydroxylation is 1. The van der Waals surface area contributed by atoms with Crippen LogP contribution < -0.4 is 5.32 Å². The molecule has 5 rings (SSSR count). The molecule has 1 aromatic carbocycles. The minimum Gasteiger partial charge on any atom is -0.338 e. The topological polar surface area (TPSA) is 49.4 Å². The van der Waals surface area contributed by atoms with Gasteiger partial charge in [0.25, 0.3) is 0 Å². The smallest absolute Gasteiger partial charge is 0.246 e. The zero-order valence-corrected chi connectivity index (χ0v) is 19.4. The number of rotatable bonds is 2. The average molecular weight is 421 g/mol. The van der Waals surface area contributed by atoms with E-state index in [4.69, 9.17) is 0 Å². The Labute approximate surface area is 186 Å². The molecule has 3 fully saturated rings. The summed E-state index contributed by atoms with van der Waals surface area (Å²) in [4.78, 5) is 27.6. The number of benzene rings is 1. The highest BCUT2D eigenvalue weighted by atomic mass is 16.2. The quantitative estimate of drug-likeness (QED) is 0.716. The number of carbonyl (C=O) groups excluding carboxylic acids is 2. The van der Waals surface area contributed by atoms with Crippen LogP contribution >= 0.6 is 0 Å². The molecule has 166 valence electrons. The van der Waals surface area contributed by atoms with Crippen molar-refractivity contribution < 1.29 is 9.59 Å². The molecule has 3 saturated carbocycles. The Morgan fingerprint density at radius 1 is 1.06 bits per heavy atom. The average Bonchev–Trinajstić information content (AvgIpc) is 3.10. The lowest BCUT2D eigenvalue weighted by atomic mass is 9.47. The standard InChI is InChI=1S/C27H36N2O2/c1-17-7-5-6-8-22(17)28-25(31)21-11-10-19-18-9-12-23-27(3,16-14-24(30)29(23)4)20(18)13-15-26(19,21)2/h5-8,14,16,18-21,23H,9-13,15H2,1-4H3,(H,28,31)/t18-,19-,20-,21+,23+,26-,27+/m0/s1. The van der Waals surface area contributed by atoms with E-state index in [1.165, 1.54) is 6.42 Å². The molecule has 0 aromatic heterocycles. The van der Waals surface area contributed by atoms with Gasteiger partial charge in [-0.3, -0.25) is 9.59 Å². The Hall–Kier alpha value is -2.10. The summed E-state index contributed by atoms with van der Waals surface area (Å²) >= 11 is 0. The molecule has 0 spiro atoms. The number of hydrogen-bond acceptors (Lipinski definition) is 2. The minimum atomic E-state index is 0.0639. The normalized spacial score (nSPS) is 41.4. The summed E-state index contributed by atoms with van der Waals surface area (Å²) in [6.07, 6.45) is 10.7. The summed E-state index contributed by atoms with van der Waals surface area (Å²) in [6.45, 7) is 6.83. The largest absolute Gasteiger partial charge is 0.338 e. The third-order valence-electron chi connectivity index (χ3n) is 9.85. The van der Waals surface area contributed by atoms with E-state index in [0.29, 0.717) is 23.8 Å². The van der Waals surface area contributed by atoms with Gasteiger partial charge >= 0.3 is 0 Å². The van der Waals surface area contributed by atoms with Crippen LogP contribution in [-0.4, -0.2) is 29.8 Å². The number of nitrogens with one attached hydrogen (secondary N) is 1. The van der Waals surface area contributed by atoms with Crippen LogP contribution in [0.25, 0.3) is 0 Å². The second-order valence-electron chi connectivity index (χ2n) is 11.1. The monoisotopic (exact) mass is 420 g/mol. The first-order chi connectivity index (χ1) is 14.8. The fourth-order valence-electron chi connectivity index (χ4n) is 8.10. The third kappa shape index (κ3) is 3.01. The zero-order chi connectivity index (χ0) is 22.0. The van der Waals surface area contributed by atoms with Crippen LogP contribution in [0.3, 0.4) is 0 Å². The maximum atomic E-state index is 13.4. The number of fused-ring (bicyclic) bond motifs is 5. The van der Waals surface area contributed by atoms with E-state index in [1.54, 1.807) is 6.08 Å². The minimum absolute atomic E-state index is 0.0639. The van der Waals surface area contributed by atoms with Crippen LogP contribution in [0, 0.1) is 41.4 Å². The Balaban J connectivity index is 1.38. The lowest BCUT2D eigenvalue weighted by molar-refractivity contribution is -0.141. The van der Waals surface area contributed by atoms with Crippen molar-refractivity contribution >= 4 is 17.5 Å². The summed E-state index contributed by atoms with van der Waals surface area (Å²) in [5.74, 6) is 2.32. The molecule has 1 N–H and O–H groups in total. The first-order valence-corrected chi connectivity index (χ1v) is 12.1. The van der Waals surface area contributed by atoms with Crippen LogP contribution in [0.2, 0.25) is 0 Å². The molecule has 2 amide bonds. The molecule has 31 heavy (non-hydrogen) atoms. The summed E-state index contributed by atoms with van der Waals surface area (Å²) < 4.78 is 0. The van der Waals surface area contributed by atoms with Crippen molar-refractivity contribution in [2.75, 3.05) is 12.4 Å². The molecular formula is C27H36N2O2. The Morgan fingerprint density at radius 3 is 2.61 bits per heavy atom. The fourth-order valence-corrected chi connectivity index (χ4v) is 8.10. The number of anilines is 1. The molecule has 3 aliphatic carbocycles. The van der Waals surface area contributed by atoms with Crippen molar-refractivity contribution in [2.45, 2.75) is 65.3 Å². The summed E-state index contributed by atoms with van der Waals surface area (Å²) in [5.41, 5.74) is 2.21. The van der Waals surface area contributed by atoms with Gasteiger partial charge in [-0.2, -0.15) is 0 Å². The second kappa shape index (κ2) is 7.21. The summed E-state index contributed by atoms with van der Waals surface area (Å²) in [7, 11) is 1.98. The molecule has 4 heteroatoms. The van der Waals surface area contributed by atoms with Crippen molar-refractivity contribution in [1.82, 2.24) is 4.90 Å². The van der Waals surface area contributed by atoms with E-state index in [1.807, 2.05) is 30.1 Å². The first kappa shape index (κ1) is 20.8. The SMILES string of the molecule is Cc1ccccc1NC(=O)[C@H]1CC[C@H]2[C@@H]3CC[C@H]4N(C)C(=O)C=C[C@]4(C)[C@H]3CC[C@]12C. The number of nitrogens with zero attached hydrogens (tertiary/aromatic N) is 1. The van der Waals surface area contributed by atoms with Gasteiger partial charge in [-0.05, 0) is 86.3 Å². The predicted octanol–water partition coefficient (Wildman–Crippen LogP) is 5.19. The lowest BCUT2D eigenvalue weighted by Gasteiger charge is -2.60. The summed E-state index contributed by atoms with van der Waals surface area (Å²) in [6, 6.07) is 8.39. The number of hydrogen-bond donors (Lipinski definition) is 1. The molecule has 4 nitrogen and oxygen atoms in total. The van der Waals surface area contributed by atoms with Gasteiger partial charge in [0.05, 0.1) is 0 Å². The van der Waals surface area contributed by atoms with E-state index in [9.17, 15) is 9.59 Å². The number of likely N-dealkylation sites (N-methyl/N-ethyl adjacent to an activating group) is 1. The molecule has 0 radical (unpaired) electrons. The second-order valence-corrected chi connectivity index (χ2v) is 11.1. The van der Waals surface area contributed by atoms with Gasteiger partial charge in [0.15, 0.2) is 0 Å².